The zero-order valence-corrected chi connectivity index (χ0v) is 11.5. The Morgan fingerprint density at radius 2 is 1.82 bits per heavy atom. The first-order valence-corrected chi connectivity index (χ1v) is 7.64. The molecule has 1 atom stereocenters. The second kappa shape index (κ2) is 6.19. The molecule has 0 aromatic heterocycles. The zero-order chi connectivity index (χ0) is 12.1. The third-order valence-corrected chi connectivity index (χ3v) is 5.01. The third kappa shape index (κ3) is 3.23. The van der Waals surface area contributed by atoms with E-state index < -0.39 is 0 Å². The molecule has 2 nitrogen and oxygen atoms in total. The number of aliphatic hydroxyl groups excluding tert-OH is 1. The van der Waals surface area contributed by atoms with Gasteiger partial charge in [-0.2, -0.15) is 0 Å². The van der Waals surface area contributed by atoms with E-state index in [0.717, 1.165) is 12.6 Å². The Bertz CT molecular complexity index is 221. The SMILES string of the molecule is CCC1CCCN1CC1(CO)CCCCCC1. The van der Waals surface area contributed by atoms with Crippen molar-refractivity contribution in [2.24, 2.45) is 5.41 Å². The summed E-state index contributed by atoms with van der Waals surface area (Å²) in [6.45, 7) is 5.13. The monoisotopic (exact) mass is 239 g/mol. The fraction of sp³-hybridized carbons (Fsp3) is 1.00. The van der Waals surface area contributed by atoms with Crippen LogP contribution >= 0.6 is 0 Å². The fourth-order valence-electron chi connectivity index (χ4n) is 3.84. The van der Waals surface area contributed by atoms with Crippen LogP contribution in [0.2, 0.25) is 0 Å². The molecule has 0 aromatic rings. The van der Waals surface area contributed by atoms with E-state index in [1.165, 1.54) is 64.3 Å². The molecule has 2 heteroatoms. The maximum absolute atomic E-state index is 9.86. The number of hydrogen-bond acceptors (Lipinski definition) is 2. The molecule has 0 amide bonds. The van der Waals surface area contributed by atoms with Gasteiger partial charge in [-0.1, -0.05) is 32.6 Å². The lowest BCUT2D eigenvalue weighted by molar-refractivity contribution is 0.0538. The van der Waals surface area contributed by atoms with Gasteiger partial charge in [0, 0.05) is 24.6 Å². The minimum atomic E-state index is 0.230. The van der Waals surface area contributed by atoms with Crippen LogP contribution in [0.5, 0.6) is 0 Å². The quantitative estimate of drug-likeness (QED) is 0.762. The van der Waals surface area contributed by atoms with Crippen molar-refractivity contribution in [3.63, 3.8) is 0 Å². The van der Waals surface area contributed by atoms with Crippen molar-refractivity contribution in [2.75, 3.05) is 19.7 Å². The summed E-state index contributed by atoms with van der Waals surface area (Å²) in [6, 6.07) is 0.793. The van der Waals surface area contributed by atoms with Gasteiger partial charge >= 0.3 is 0 Å². The zero-order valence-electron chi connectivity index (χ0n) is 11.5. The van der Waals surface area contributed by atoms with Crippen molar-refractivity contribution in [2.45, 2.75) is 70.8 Å². The molecule has 1 unspecified atom stereocenters. The third-order valence-electron chi connectivity index (χ3n) is 5.01. The summed E-state index contributed by atoms with van der Waals surface area (Å²) >= 11 is 0. The molecular weight excluding hydrogens is 210 g/mol. The molecule has 0 aromatic carbocycles. The molecule has 0 spiro atoms. The molecule has 0 radical (unpaired) electrons. The molecule has 1 heterocycles. The van der Waals surface area contributed by atoms with E-state index in [4.69, 9.17) is 0 Å². The molecule has 2 aliphatic rings. The van der Waals surface area contributed by atoms with Crippen LogP contribution in [0, 0.1) is 5.41 Å². The van der Waals surface area contributed by atoms with Crippen molar-refractivity contribution < 1.29 is 5.11 Å². The Morgan fingerprint density at radius 3 is 2.41 bits per heavy atom. The normalized spacial score (nSPS) is 30.4. The Balaban J connectivity index is 1.97. The van der Waals surface area contributed by atoms with E-state index in [0.29, 0.717) is 6.61 Å². The van der Waals surface area contributed by atoms with Gasteiger partial charge in [-0.15, -0.1) is 0 Å². The predicted octanol–water partition coefficient (Wildman–Crippen LogP) is 3.19. The standard InChI is InChI=1S/C15H29NO/c1-2-14-8-7-11-16(14)12-15(13-17)9-5-3-4-6-10-15/h14,17H,2-13H2,1H3. The van der Waals surface area contributed by atoms with Gasteiger partial charge in [-0.3, -0.25) is 4.90 Å². The Kier molecular flexibility index (Phi) is 4.87. The highest BCUT2D eigenvalue weighted by Gasteiger charge is 2.35. The summed E-state index contributed by atoms with van der Waals surface area (Å²) in [5.74, 6) is 0. The number of likely N-dealkylation sites (tertiary alicyclic amines) is 1. The molecule has 1 aliphatic carbocycles. The van der Waals surface area contributed by atoms with E-state index in [9.17, 15) is 5.11 Å². The van der Waals surface area contributed by atoms with E-state index >= 15 is 0 Å². The summed E-state index contributed by atoms with van der Waals surface area (Å²) < 4.78 is 0. The molecule has 1 saturated carbocycles. The van der Waals surface area contributed by atoms with Crippen molar-refractivity contribution in [3.05, 3.63) is 0 Å². The lowest BCUT2D eigenvalue weighted by Crippen LogP contribution is -2.42. The van der Waals surface area contributed by atoms with Crippen molar-refractivity contribution in [1.29, 1.82) is 0 Å². The predicted molar refractivity (Wildman–Crippen MR) is 72.1 cm³/mol. The van der Waals surface area contributed by atoms with Crippen LogP contribution in [-0.4, -0.2) is 35.7 Å². The maximum atomic E-state index is 9.86. The minimum absolute atomic E-state index is 0.230. The van der Waals surface area contributed by atoms with Crippen LogP contribution < -0.4 is 0 Å². The molecule has 0 bridgehead atoms. The number of nitrogens with zero attached hydrogens (tertiary/aromatic N) is 1. The first-order valence-electron chi connectivity index (χ1n) is 7.64. The van der Waals surface area contributed by atoms with Gasteiger partial charge in [0.25, 0.3) is 0 Å². The fourth-order valence-corrected chi connectivity index (χ4v) is 3.84. The molecule has 2 rings (SSSR count). The van der Waals surface area contributed by atoms with Crippen LogP contribution in [0.1, 0.15) is 64.7 Å². The van der Waals surface area contributed by atoms with Gasteiger partial charge in [-0.25, -0.2) is 0 Å². The first-order chi connectivity index (χ1) is 8.29. The minimum Gasteiger partial charge on any atom is -0.396 e. The Hall–Kier alpha value is -0.0800. The van der Waals surface area contributed by atoms with Gasteiger partial charge in [-0.05, 0) is 38.6 Å². The summed E-state index contributed by atoms with van der Waals surface area (Å²) in [5, 5.41) is 9.86. The number of hydrogen-bond donors (Lipinski definition) is 1. The highest BCUT2D eigenvalue weighted by atomic mass is 16.3. The lowest BCUT2D eigenvalue weighted by atomic mass is 9.80. The second-order valence-corrected chi connectivity index (χ2v) is 6.25. The van der Waals surface area contributed by atoms with Crippen LogP contribution in [0.4, 0.5) is 0 Å². The van der Waals surface area contributed by atoms with Gasteiger partial charge in [0.1, 0.15) is 0 Å². The summed E-state index contributed by atoms with van der Waals surface area (Å²) in [5.41, 5.74) is 0.230. The van der Waals surface area contributed by atoms with E-state index in [1.54, 1.807) is 0 Å². The van der Waals surface area contributed by atoms with Gasteiger partial charge < -0.3 is 5.11 Å². The van der Waals surface area contributed by atoms with E-state index in [2.05, 4.69) is 11.8 Å². The Morgan fingerprint density at radius 1 is 1.12 bits per heavy atom. The molecule has 1 N–H and O–H groups in total. The highest BCUT2D eigenvalue weighted by Crippen LogP contribution is 2.37. The summed E-state index contributed by atoms with van der Waals surface area (Å²) in [6.07, 6.45) is 11.9. The molecule has 2 fully saturated rings. The molecule has 1 aliphatic heterocycles. The van der Waals surface area contributed by atoms with Crippen LogP contribution in [0.3, 0.4) is 0 Å². The van der Waals surface area contributed by atoms with E-state index in [-0.39, 0.29) is 5.41 Å². The number of rotatable bonds is 4. The van der Waals surface area contributed by atoms with Gasteiger partial charge in [0.05, 0.1) is 0 Å². The topological polar surface area (TPSA) is 23.5 Å². The van der Waals surface area contributed by atoms with Gasteiger partial charge in [0.15, 0.2) is 0 Å². The summed E-state index contributed by atoms with van der Waals surface area (Å²) in [7, 11) is 0. The molecular formula is C15H29NO. The van der Waals surface area contributed by atoms with Crippen molar-refractivity contribution in [1.82, 2.24) is 4.90 Å². The number of aliphatic hydroxyl groups is 1. The largest absolute Gasteiger partial charge is 0.396 e. The molecule has 100 valence electrons. The van der Waals surface area contributed by atoms with E-state index in [1.807, 2.05) is 0 Å². The maximum Gasteiger partial charge on any atom is 0.0499 e. The summed E-state index contributed by atoms with van der Waals surface area (Å²) in [4.78, 5) is 2.67. The van der Waals surface area contributed by atoms with Gasteiger partial charge in [0.2, 0.25) is 0 Å². The van der Waals surface area contributed by atoms with Crippen molar-refractivity contribution >= 4 is 0 Å². The Labute approximate surface area is 106 Å². The first kappa shape index (κ1) is 13.4. The molecule has 17 heavy (non-hydrogen) atoms. The van der Waals surface area contributed by atoms with Crippen LogP contribution in [0.15, 0.2) is 0 Å². The average Bonchev–Trinajstić information content (AvgIpc) is 2.66. The lowest BCUT2D eigenvalue weighted by Gasteiger charge is -2.37. The second-order valence-electron chi connectivity index (χ2n) is 6.25. The van der Waals surface area contributed by atoms with Crippen molar-refractivity contribution in [3.8, 4) is 0 Å². The average molecular weight is 239 g/mol. The molecule has 1 saturated heterocycles. The van der Waals surface area contributed by atoms with Crippen LogP contribution in [-0.2, 0) is 0 Å². The van der Waals surface area contributed by atoms with Crippen LogP contribution in [0.25, 0.3) is 0 Å². The highest BCUT2D eigenvalue weighted by molar-refractivity contribution is 4.88. The smallest absolute Gasteiger partial charge is 0.0499 e.